The van der Waals surface area contributed by atoms with Crippen LogP contribution >= 0.6 is 22.9 Å². The van der Waals surface area contributed by atoms with Crippen molar-refractivity contribution < 1.29 is 0 Å². The second-order valence-electron chi connectivity index (χ2n) is 3.81. The molecule has 2 atom stereocenters. The van der Waals surface area contributed by atoms with Gasteiger partial charge in [0, 0.05) is 18.8 Å². The van der Waals surface area contributed by atoms with Crippen molar-refractivity contribution >= 4 is 34.8 Å². The minimum atomic E-state index is -0.239. The standard InChI is InChI=1S/C10H12ClN3S/c11-10-13-6-9-8(2-4-15-9)14(10)7-1-3-12-5-7/h2,4,6-7,10,12H,1,3,5H2/t7?,10-/m0/s1. The Morgan fingerprint density at radius 2 is 2.53 bits per heavy atom. The van der Waals surface area contributed by atoms with Gasteiger partial charge in [-0.2, -0.15) is 0 Å². The van der Waals surface area contributed by atoms with Crippen molar-refractivity contribution in [1.82, 2.24) is 5.32 Å². The van der Waals surface area contributed by atoms with Crippen LogP contribution in [0.15, 0.2) is 16.4 Å². The van der Waals surface area contributed by atoms with Crippen LogP contribution in [0.4, 0.5) is 5.69 Å². The summed E-state index contributed by atoms with van der Waals surface area (Å²) >= 11 is 7.97. The normalized spacial score (nSPS) is 29.5. The van der Waals surface area contributed by atoms with Gasteiger partial charge in [0.2, 0.25) is 0 Å². The Hall–Kier alpha value is -0.580. The molecule has 2 aliphatic rings. The molecule has 0 spiro atoms. The average molecular weight is 242 g/mol. The highest BCUT2D eigenvalue weighted by molar-refractivity contribution is 7.12. The fourth-order valence-corrected chi connectivity index (χ4v) is 3.27. The Morgan fingerprint density at radius 3 is 3.33 bits per heavy atom. The third-order valence-electron chi connectivity index (χ3n) is 2.92. The number of nitrogens with one attached hydrogen (secondary N) is 1. The first-order valence-electron chi connectivity index (χ1n) is 5.10. The zero-order chi connectivity index (χ0) is 10.3. The number of halogens is 1. The first kappa shape index (κ1) is 9.63. The van der Waals surface area contributed by atoms with Crippen molar-refractivity contribution in [3.05, 3.63) is 16.3 Å². The van der Waals surface area contributed by atoms with E-state index in [0.29, 0.717) is 6.04 Å². The molecular weight excluding hydrogens is 230 g/mol. The third kappa shape index (κ3) is 1.57. The molecule has 0 saturated carbocycles. The lowest BCUT2D eigenvalue weighted by atomic mass is 10.2. The predicted octanol–water partition coefficient (Wildman–Crippen LogP) is 1.87. The molecule has 1 N–H and O–H groups in total. The van der Waals surface area contributed by atoms with Crippen molar-refractivity contribution in [3.63, 3.8) is 0 Å². The van der Waals surface area contributed by atoms with E-state index in [4.69, 9.17) is 11.6 Å². The molecule has 3 rings (SSSR count). The molecule has 1 aromatic rings. The van der Waals surface area contributed by atoms with E-state index in [9.17, 15) is 0 Å². The highest BCUT2D eigenvalue weighted by atomic mass is 35.5. The van der Waals surface area contributed by atoms with Crippen LogP contribution in [0.25, 0.3) is 0 Å². The fraction of sp³-hybridized carbons (Fsp3) is 0.500. The van der Waals surface area contributed by atoms with Crippen LogP contribution in [0.3, 0.4) is 0 Å². The number of rotatable bonds is 1. The largest absolute Gasteiger partial charge is 0.332 e. The van der Waals surface area contributed by atoms with Crippen LogP contribution < -0.4 is 10.2 Å². The van der Waals surface area contributed by atoms with Gasteiger partial charge in [-0.05, 0) is 24.4 Å². The monoisotopic (exact) mass is 241 g/mol. The number of nitrogens with zero attached hydrogens (tertiary/aromatic N) is 2. The van der Waals surface area contributed by atoms with E-state index in [1.807, 2.05) is 6.21 Å². The second-order valence-corrected chi connectivity index (χ2v) is 5.15. The summed E-state index contributed by atoms with van der Waals surface area (Å²) in [5.41, 5.74) is 1.00. The highest BCUT2D eigenvalue weighted by Gasteiger charge is 2.31. The van der Waals surface area contributed by atoms with Crippen molar-refractivity contribution in [2.24, 2.45) is 4.99 Å². The average Bonchev–Trinajstić information content (AvgIpc) is 2.85. The maximum Gasteiger partial charge on any atom is 0.198 e. The summed E-state index contributed by atoms with van der Waals surface area (Å²) in [5.74, 6) is 0. The van der Waals surface area contributed by atoms with Gasteiger partial charge in [0.1, 0.15) is 0 Å². The number of hydrogen-bond acceptors (Lipinski definition) is 4. The number of alkyl halides is 1. The maximum atomic E-state index is 6.25. The Morgan fingerprint density at radius 1 is 1.60 bits per heavy atom. The summed E-state index contributed by atoms with van der Waals surface area (Å²) in [6.45, 7) is 2.09. The topological polar surface area (TPSA) is 27.6 Å². The Kier molecular flexibility index (Phi) is 2.42. The van der Waals surface area contributed by atoms with Gasteiger partial charge in [0.05, 0.1) is 10.6 Å². The van der Waals surface area contributed by atoms with Crippen LogP contribution in [-0.2, 0) is 0 Å². The molecule has 3 nitrogen and oxygen atoms in total. The smallest absolute Gasteiger partial charge is 0.198 e. The lowest BCUT2D eigenvalue weighted by molar-refractivity contribution is 0.614. The zero-order valence-corrected chi connectivity index (χ0v) is 9.76. The molecule has 1 unspecified atom stereocenters. The van der Waals surface area contributed by atoms with E-state index in [-0.39, 0.29) is 5.62 Å². The van der Waals surface area contributed by atoms with Gasteiger partial charge in [-0.25, -0.2) is 0 Å². The van der Waals surface area contributed by atoms with Gasteiger partial charge in [-0.3, -0.25) is 4.99 Å². The number of fused-ring (bicyclic) bond motifs is 1. The predicted molar refractivity (Wildman–Crippen MR) is 65.3 cm³/mol. The fourth-order valence-electron chi connectivity index (χ4n) is 2.19. The van der Waals surface area contributed by atoms with E-state index >= 15 is 0 Å². The third-order valence-corrected chi connectivity index (χ3v) is 4.09. The van der Waals surface area contributed by atoms with Crippen molar-refractivity contribution in [3.8, 4) is 0 Å². The highest BCUT2D eigenvalue weighted by Crippen LogP contribution is 2.34. The van der Waals surface area contributed by atoms with Gasteiger partial charge >= 0.3 is 0 Å². The Balaban J connectivity index is 1.96. The number of anilines is 1. The van der Waals surface area contributed by atoms with Crippen LogP contribution in [0.2, 0.25) is 0 Å². The lowest BCUT2D eigenvalue weighted by Crippen LogP contribution is -2.43. The van der Waals surface area contributed by atoms with E-state index in [1.165, 1.54) is 10.6 Å². The van der Waals surface area contributed by atoms with E-state index in [0.717, 1.165) is 19.5 Å². The van der Waals surface area contributed by atoms with Crippen LogP contribution in [0, 0.1) is 0 Å². The second kappa shape index (κ2) is 3.77. The molecule has 1 aromatic heterocycles. The Bertz CT molecular complexity index is 384. The quantitative estimate of drug-likeness (QED) is 0.601. The van der Waals surface area contributed by atoms with Gasteiger partial charge in [-0.15, -0.1) is 11.3 Å². The van der Waals surface area contributed by atoms with E-state index in [1.54, 1.807) is 11.3 Å². The first-order chi connectivity index (χ1) is 7.36. The number of hydrogen-bond donors (Lipinski definition) is 1. The van der Waals surface area contributed by atoms with Gasteiger partial charge in [0.25, 0.3) is 0 Å². The minimum absolute atomic E-state index is 0.239. The molecular formula is C10H12ClN3S. The van der Waals surface area contributed by atoms with Gasteiger partial charge in [-0.1, -0.05) is 11.6 Å². The number of aliphatic imine (C=N–C) groups is 1. The lowest BCUT2D eigenvalue weighted by Gasteiger charge is -2.34. The molecule has 0 bridgehead atoms. The molecule has 2 aliphatic heterocycles. The minimum Gasteiger partial charge on any atom is -0.332 e. The summed E-state index contributed by atoms with van der Waals surface area (Å²) in [4.78, 5) is 7.77. The molecule has 0 aromatic carbocycles. The molecule has 80 valence electrons. The molecule has 1 saturated heterocycles. The van der Waals surface area contributed by atoms with E-state index in [2.05, 4.69) is 26.7 Å². The van der Waals surface area contributed by atoms with Crippen molar-refractivity contribution in [1.29, 1.82) is 0 Å². The van der Waals surface area contributed by atoms with Crippen LogP contribution in [-0.4, -0.2) is 31.0 Å². The summed E-state index contributed by atoms with van der Waals surface area (Å²) < 4.78 is 0. The molecule has 1 fully saturated rings. The van der Waals surface area contributed by atoms with Crippen LogP contribution in [0.1, 0.15) is 11.3 Å². The van der Waals surface area contributed by atoms with Gasteiger partial charge < -0.3 is 10.2 Å². The van der Waals surface area contributed by atoms with Crippen LogP contribution in [0.5, 0.6) is 0 Å². The summed E-state index contributed by atoms with van der Waals surface area (Å²) in [6, 6.07) is 2.62. The van der Waals surface area contributed by atoms with Crippen molar-refractivity contribution in [2.75, 3.05) is 18.0 Å². The molecule has 15 heavy (non-hydrogen) atoms. The van der Waals surface area contributed by atoms with E-state index < -0.39 is 0 Å². The summed E-state index contributed by atoms with van der Waals surface area (Å²) in [7, 11) is 0. The van der Waals surface area contributed by atoms with Gasteiger partial charge in [0.15, 0.2) is 5.62 Å². The first-order valence-corrected chi connectivity index (χ1v) is 6.41. The number of thiophene rings is 1. The summed E-state index contributed by atoms with van der Waals surface area (Å²) in [6.07, 6.45) is 3.03. The van der Waals surface area contributed by atoms with Crippen molar-refractivity contribution in [2.45, 2.75) is 18.1 Å². The SMILES string of the molecule is Cl[C@H]1N=Cc2sccc2N1C1CCNC1. The molecule has 0 aliphatic carbocycles. The zero-order valence-electron chi connectivity index (χ0n) is 8.19. The molecule has 0 radical (unpaired) electrons. The maximum absolute atomic E-state index is 6.25. The Labute approximate surface area is 97.8 Å². The summed E-state index contributed by atoms with van der Waals surface area (Å²) in [5, 5.41) is 5.46. The molecule has 5 heteroatoms. The molecule has 0 amide bonds. The molecule has 3 heterocycles.